The molecular formula is C17H24ClNO2. The molecule has 1 aliphatic heterocycles. The standard InChI is InChI=1S/C17H24ClNO2/c1-12(15(20)13-7-6-8-14(18)9-13)19-10-16(2,3)21-17(4,5)11-19/h6-9,12H,10-11H2,1-5H3. The van der Waals surface area contributed by atoms with Crippen molar-refractivity contribution >= 4 is 17.4 Å². The lowest BCUT2D eigenvalue weighted by molar-refractivity contribution is -0.183. The topological polar surface area (TPSA) is 29.5 Å². The zero-order valence-corrected chi connectivity index (χ0v) is 14.2. The third kappa shape index (κ3) is 4.06. The van der Waals surface area contributed by atoms with Crippen LogP contribution in [0.1, 0.15) is 45.0 Å². The number of nitrogens with zero attached hydrogens (tertiary/aromatic N) is 1. The highest BCUT2D eigenvalue weighted by atomic mass is 35.5. The Balaban J connectivity index is 2.19. The molecular weight excluding hydrogens is 286 g/mol. The van der Waals surface area contributed by atoms with Crippen LogP contribution in [0.15, 0.2) is 24.3 Å². The number of hydrogen-bond acceptors (Lipinski definition) is 3. The van der Waals surface area contributed by atoms with Crippen LogP contribution in [0.5, 0.6) is 0 Å². The average molecular weight is 310 g/mol. The van der Waals surface area contributed by atoms with E-state index in [0.717, 1.165) is 13.1 Å². The predicted molar refractivity (Wildman–Crippen MR) is 86.1 cm³/mol. The highest BCUT2D eigenvalue weighted by Crippen LogP contribution is 2.30. The van der Waals surface area contributed by atoms with E-state index in [-0.39, 0.29) is 23.0 Å². The van der Waals surface area contributed by atoms with Gasteiger partial charge in [0.25, 0.3) is 0 Å². The fourth-order valence-electron chi connectivity index (χ4n) is 3.17. The number of halogens is 1. The maximum absolute atomic E-state index is 12.7. The van der Waals surface area contributed by atoms with Crippen molar-refractivity contribution in [2.45, 2.75) is 51.9 Å². The molecule has 0 amide bonds. The first-order valence-corrected chi connectivity index (χ1v) is 7.71. The minimum atomic E-state index is -0.259. The lowest BCUT2D eigenvalue weighted by Crippen LogP contribution is -2.60. The van der Waals surface area contributed by atoms with E-state index in [0.29, 0.717) is 10.6 Å². The largest absolute Gasteiger partial charge is 0.367 e. The van der Waals surface area contributed by atoms with Gasteiger partial charge in [0.1, 0.15) is 0 Å². The second kappa shape index (κ2) is 5.71. The van der Waals surface area contributed by atoms with Gasteiger partial charge in [-0.1, -0.05) is 23.7 Å². The summed E-state index contributed by atoms with van der Waals surface area (Å²) in [4.78, 5) is 14.9. The lowest BCUT2D eigenvalue weighted by Gasteiger charge is -2.48. The van der Waals surface area contributed by atoms with Crippen LogP contribution < -0.4 is 0 Å². The molecule has 1 aromatic rings. The molecule has 0 saturated carbocycles. The third-order valence-corrected chi connectivity index (χ3v) is 3.99. The van der Waals surface area contributed by atoms with Gasteiger partial charge in [-0.05, 0) is 46.8 Å². The Morgan fingerprint density at radius 3 is 2.33 bits per heavy atom. The molecule has 0 aromatic heterocycles. The molecule has 1 fully saturated rings. The third-order valence-electron chi connectivity index (χ3n) is 3.76. The Labute approximate surface area is 132 Å². The number of Topliss-reactive ketones (excluding diaryl/α,β-unsaturated/α-hetero) is 1. The van der Waals surface area contributed by atoms with Crippen LogP contribution >= 0.6 is 11.6 Å². The molecule has 0 aliphatic carbocycles. The molecule has 4 heteroatoms. The van der Waals surface area contributed by atoms with Gasteiger partial charge in [0.05, 0.1) is 17.2 Å². The number of hydrogen-bond donors (Lipinski definition) is 0. The molecule has 1 saturated heterocycles. The van der Waals surface area contributed by atoms with E-state index in [1.807, 2.05) is 19.1 Å². The van der Waals surface area contributed by atoms with Gasteiger partial charge in [-0.25, -0.2) is 0 Å². The van der Waals surface area contributed by atoms with E-state index >= 15 is 0 Å². The molecule has 21 heavy (non-hydrogen) atoms. The van der Waals surface area contributed by atoms with Gasteiger partial charge in [0.2, 0.25) is 0 Å². The summed E-state index contributed by atoms with van der Waals surface area (Å²) in [6.45, 7) is 11.7. The van der Waals surface area contributed by atoms with Crippen molar-refractivity contribution in [3.8, 4) is 0 Å². The van der Waals surface area contributed by atoms with Crippen molar-refractivity contribution in [3.63, 3.8) is 0 Å². The Hall–Kier alpha value is -0.900. The van der Waals surface area contributed by atoms with Crippen molar-refractivity contribution < 1.29 is 9.53 Å². The molecule has 2 rings (SSSR count). The fourth-order valence-corrected chi connectivity index (χ4v) is 3.36. The van der Waals surface area contributed by atoms with Crippen LogP contribution in [0, 0.1) is 0 Å². The molecule has 0 spiro atoms. The van der Waals surface area contributed by atoms with Gasteiger partial charge < -0.3 is 4.74 Å². The van der Waals surface area contributed by atoms with E-state index in [1.54, 1.807) is 12.1 Å². The number of morpholine rings is 1. The summed E-state index contributed by atoms with van der Waals surface area (Å²) < 4.78 is 6.07. The van der Waals surface area contributed by atoms with Gasteiger partial charge in [0, 0.05) is 23.7 Å². The molecule has 1 heterocycles. The van der Waals surface area contributed by atoms with Crippen LogP contribution in [-0.4, -0.2) is 41.0 Å². The lowest BCUT2D eigenvalue weighted by atomic mass is 9.95. The number of benzene rings is 1. The summed E-state index contributed by atoms with van der Waals surface area (Å²) >= 11 is 5.98. The summed E-state index contributed by atoms with van der Waals surface area (Å²) in [7, 11) is 0. The Morgan fingerprint density at radius 2 is 1.81 bits per heavy atom. The van der Waals surface area contributed by atoms with Gasteiger partial charge in [-0.3, -0.25) is 9.69 Å². The number of carbonyl (C=O) groups excluding carboxylic acids is 1. The van der Waals surface area contributed by atoms with Crippen LogP contribution in [0.4, 0.5) is 0 Å². The molecule has 116 valence electrons. The van der Waals surface area contributed by atoms with Gasteiger partial charge in [-0.2, -0.15) is 0 Å². The number of rotatable bonds is 3. The maximum atomic E-state index is 12.7. The van der Waals surface area contributed by atoms with Crippen LogP contribution in [-0.2, 0) is 4.74 Å². The summed E-state index contributed by atoms with van der Waals surface area (Å²) in [6.07, 6.45) is 0. The molecule has 1 aromatic carbocycles. The number of ketones is 1. The SMILES string of the molecule is CC(C(=O)c1cccc(Cl)c1)N1CC(C)(C)OC(C)(C)C1. The average Bonchev–Trinajstić information content (AvgIpc) is 2.33. The summed E-state index contributed by atoms with van der Waals surface area (Å²) in [5, 5.41) is 0.593. The van der Waals surface area contributed by atoms with Crippen molar-refractivity contribution in [1.82, 2.24) is 4.90 Å². The molecule has 0 N–H and O–H groups in total. The second-order valence-corrected chi connectivity index (χ2v) is 7.51. The summed E-state index contributed by atoms with van der Waals surface area (Å²) in [6, 6.07) is 6.96. The Morgan fingerprint density at radius 1 is 1.24 bits per heavy atom. The van der Waals surface area contributed by atoms with E-state index in [9.17, 15) is 4.79 Å². The van der Waals surface area contributed by atoms with Gasteiger partial charge >= 0.3 is 0 Å². The highest BCUT2D eigenvalue weighted by molar-refractivity contribution is 6.31. The van der Waals surface area contributed by atoms with Crippen molar-refractivity contribution in [2.24, 2.45) is 0 Å². The minimum Gasteiger partial charge on any atom is -0.367 e. The van der Waals surface area contributed by atoms with Crippen LogP contribution in [0.25, 0.3) is 0 Å². The zero-order chi connectivity index (χ0) is 15.8. The second-order valence-electron chi connectivity index (χ2n) is 7.08. The quantitative estimate of drug-likeness (QED) is 0.795. The smallest absolute Gasteiger partial charge is 0.179 e. The summed E-state index contributed by atoms with van der Waals surface area (Å²) in [5.41, 5.74) is 0.145. The zero-order valence-electron chi connectivity index (χ0n) is 13.4. The van der Waals surface area contributed by atoms with E-state index in [2.05, 4.69) is 32.6 Å². The first-order chi connectivity index (χ1) is 9.60. The minimum absolute atomic E-state index is 0.103. The van der Waals surface area contributed by atoms with Crippen molar-refractivity contribution in [3.05, 3.63) is 34.9 Å². The van der Waals surface area contributed by atoms with Crippen molar-refractivity contribution in [1.29, 1.82) is 0 Å². The highest BCUT2D eigenvalue weighted by Gasteiger charge is 2.41. The normalized spacial score (nSPS) is 22.8. The molecule has 1 unspecified atom stereocenters. The Kier molecular flexibility index (Phi) is 4.48. The van der Waals surface area contributed by atoms with E-state index in [4.69, 9.17) is 16.3 Å². The first-order valence-electron chi connectivity index (χ1n) is 7.34. The predicted octanol–water partition coefficient (Wildman–Crippen LogP) is 3.80. The molecule has 3 nitrogen and oxygen atoms in total. The molecule has 0 bridgehead atoms. The van der Waals surface area contributed by atoms with E-state index in [1.165, 1.54) is 0 Å². The van der Waals surface area contributed by atoms with Gasteiger partial charge in [-0.15, -0.1) is 0 Å². The molecule has 1 atom stereocenters. The van der Waals surface area contributed by atoms with E-state index < -0.39 is 0 Å². The molecule has 1 aliphatic rings. The number of ether oxygens (including phenoxy) is 1. The maximum Gasteiger partial charge on any atom is 0.179 e. The van der Waals surface area contributed by atoms with Gasteiger partial charge in [0.15, 0.2) is 5.78 Å². The van der Waals surface area contributed by atoms with Crippen molar-refractivity contribution in [2.75, 3.05) is 13.1 Å². The van der Waals surface area contributed by atoms with Crippen LogP contribution in [0.3, 0.4) is 0 Å². The summed E-state index contributed by atoms with van der Waals surface area (Å²) in [5.74, 6) is 0.103. The Bertz CT molecular complexity index is 523. The molecule has 0 radical (unpaired) electrons. The van der Waals surface area contributed by atoms with Crippen LogP contribution in [0.2, 0.25) is 5.02 Å². The fraction of sp³-hybridized carbons (Fsp3) is 0.588. The number of carbonyl (C=O) groups is 1. The first kappa shape index (κ1) is 16.5. The monoisotopic (exact) mass is 309 g/mol.